The van der Waals surface area contributed by atoms with Gasteiger partial charge in [0.05, 0.1) is 16.8 Å². The van der Waals surface area contributed by atoms with E-state index in [1.54, 1.807) is 27.7 Å². The van der Waals surface area contributed by atoms with Crippen LogP contribution in [0, 0.1) is 0 Å². The van der Waals surface area contributed by atoms with E-state index in [0.717, 1.165) is 11.3 Å². The third-order valence-electron chi connectivity index (χ3n) is 3.36. The van der Waals surface area contributed by atoms with Crippen molar-refractivity contribution in [1.82, 2.24) is 14.9 Å². The number of thioether (sulfide) groups is 1. The van der Waals surface area contributed by atoms with E-state index >= 15 is 0 Å². The number of carbonyl (C=O) groups excluding carboxylic acids is 2. The molecule has 1 atom stereocenters. The van der Waals surface area contributed by atoms with Crippen molar-refractivity contribution in [2.75, 3.05) is 17.2 Å². The highest BCUT2D eigenvalue weighted by Crippen LogP contribution is 2.29. The van der Waals surface area contributed by atoms with Crippen LogP contribution in [-0.4, -0.2) is 48.5 Å². The molecule has 0 saturated heterocycles. The molecule has 0 fully saturated rings. The molecule has 13 heteroatoms. The zero-order valence-electron chi connectivity index (χ0n) is 16.8. The summed E-state index contributed by atoms with van der Waals surface area (Å²) in [5.74, 6) is -0.286. The lowest BCUT2D eigenvalue weighted by Crippen LogP contribution is -2.30. The van der Waals surface area contributed by atoms with Crippen molar-refractivity contribution in [2.24, 2.45) is 0 Å². The van der Waals surface area contributed by atoms with E-state index in [-0.39, 0.29) is 28.6 Å². The number of hydrogen-bond donors (Lipinski definition) is 3. The number of anilines is 2. The fraction of sp³-hybridized carbons (Fsp3) is 0.412. The molecule has 10 nitrogen and oxygen atoms in total. The van der Waals surface area contributed by atoms with E-state index in [0.29, 0.717) is 10.0 Å². The summed E-state index contributed by atoms with van der Waals surface area (Å²) < 4.78 is 32.1. The Morgan fingerprint density at radius 1 is 1.13 bits per heavy atom. The number of carbonyl (C=O) groups is 2. The summed E-state index contributed by atoms with van der Waals surface area (Å²) in [4.78, 5) is 23.9. The van der Waals surface area contributed by atoms with Crippen LogP contribution in [0.1, 0.15) is 27.7 Å². The SMILES string of the molecule is CCOC(=O)Nc1nnc(SC(C)C(=O)Nc2ccc(S(=O)(=O)NC(C)C)cc2)s1. The van der Waals surface area contributed by atoms with Gasteiger partial charge in [-0.25, -0.2) is 17.9 Å². The number of nitrogens with zero attached hydrogens (tertiary/aromatic N) is 2. The maximum atomic E-state index is 12.4. The lowest BCUT2D eigenvalue weighted by atomic mass is 10.3. The number of nitrogens with one attached hydrogen (secondary N) is 3. The molecule has 164 valence electrons. The van der Waals surface area contributed by atoms with Gasteiger partial charge in [-0.15, -0.1) is 10.2 Å². The first-order chi connectivity index (χ1) is 14.1. The number of ether oxygens (including phenoxy) is 1. The molecule has 0 spiro atoms. The third-order valence-corrected chi connectivity index (χ3v) is 7.06. The van der Waals surface area contributed by atoms with Gasteiger partial charge in [0.25, 0.3) is 0 Å². The number of hydrogen-bond acceptors (Lipinski definition) is 9. The zero-order valence-corrected chi connectivity index (χ0v) is 19.3. The topological polar surface area (TPSA) is 139 Å². The van der Waals surface area contributed by atoms with Gasteiger partial charge >= 0.3 is 6.09 Å². The monoisotopic (exact) mass is 473 g/mol. The minimum absolute atomic E-state index is 0.118. The standard InChI is InChI=1S/C17H23N5O5S3/c1-5-27-16(24)19-15-20-21-17(29-15)28-11(4)14(23)18-12-6-8-13(9-7-12)30(25,26)22-10(2)3/h6-11,22H,5H2,1-4H3,(H,18,23)(H,19,20,24). The van der Waals surface area contributed by atoms with Gasteiger partial charge in [-0.05, 0) is 52.0 Å². The molecule has 0 aliphatic rings. The van der Waals surface area contributed by atoms with E-state index in [1.807, 2.05) is 0 Å². The summed E-state index contributed by atoms with van der Waals surface area (Å²) in [6, 6.07) is 5.68. The molecule has 2 aromatic rings. The number of amides is 2. The van der Waals surface area contributed by atoms with Crippen molar-refractivity contribution in [3.63, 3.8) is 0 Å². The summed E-state index contributed by atoms with van der Waals surface area (Å²) in [6.07, 6.45) is -0.620. The Bertz CT molecular complexity index is 976. The summed E-state index contributed by atoms with van der Waals surface area (Å²) in [5, 5.41) is 12.7. The molecule has 1 aromatic carbocycles. The quantitative estimate of drug-likeness (QED) is 0.373. The molecular formula is C17H23N5O5S3. The Balaban J connectivity index is 1.93. The Hall–Kier alpha value is -2.22. The van der Waals surface area contributed by atoms with Crippen LogP contribution in [0.5, 0.6) is 0 Å². The van der Waals surface area contributed by atoms with Crippen LogP contribution >= 0.6 is 23.1 Å². The molecule has 0 radical (unpaired) electrons. The fourth-order valence-corrected chi connectivity index (χ4v) is 5.24. The first-order valence-electron chi connectivity index (χ1n) is 8.98. The van der Waals surface area contributed by atoms with Crippen molar-refractivity contribution < 1.29 is 22.7 Å². The number of sulfonamides is 1. The van der Waals surface area contributed by atoms with E-state index in [1.165, 1.54) is 36.0 Å². The zero-order chi connectivity index (χ0) is 22.3. The maximum Gasteiger partial charge on any atom is 0.413 e. The minimum Gasteiger partial charge on any atom is -0.450 e. The van der Waals surface area contributed by atoms with Crippen LogP contribution in [0.2, 0.25) is 0 Å². The molecule has 0 bridgehead atoms. The minimum atomic E-state index is -3.59. The van der Waals surface area contributed by atoms with Gasteiger partial charge in [0, 0.05) is 11.7 Å². The van der Waals surface area contributed by atoms with Crippen molar-refractivity contribution in [3.8, 4) is 0 Å². The second-order valence-electron chi connectivity index (χ2n) is 6.27. The average molecular weight is 474 g/mol. The molecule has 0 saturated carbocycles. The number of aromatic nitrogens is 2. The molecule has 2 rings (SSSR count). The molecule has 1 aromatic heterocycles. The molecule has 1 unspecified atom stereocenters. The summed E-state index contributed by atoms with van der Waals surface area (Å²) >= 11 is 2.30. The van der Waals surface area contributed by atoms with Gasteiger partial charge in [-0.2, -0.15) is 0 Å². The summed E-state index contributed by atoms with van der Waals surface area (Å²) in [5.41, 5.74) is 0.470. The van der Waals surface area contributed by atoms with Gasteiger partial charge in [0.2, 0.25) is 21.1 Å². The fourth-order valence-electron chi connectivity index (χ4n) is 2.11. The Kier molecular flexibility index (Phi) is 8.58. The normalized spacial score (nSPS) is 12.4. The predicted octanol–water partition coefficient (Wildman–Crippen LogP) is 2.91. The van der Waals surface area contributed by atoms with Gasteiger partial charge in [-0.1, -0.05) is 23.1 Å². The van der Waals surface area contributed by atoms with Crippen LogP contribution in [-0.2, 0) is 19.6 Å². The number of rotatable bonds is 9. The van der Waals surface area contributed by atoms with E-state index < -0.39 is 21.4 Å². The first-order valence-corrected chi connectivity index (χ1v) is 12.2. The van der Waals surface area contributed by atoms with E-state index in [9.17, 15) is 18.0 Å². The Morgan fingerprint density at radius 3 is 2.40 bits per heavy atom. The highest BCUT2D eigenvalue weighted by atomic mass is 32.2. The molecule has 2 amide bonds. The molecule has 3 N–H and O–H groups in total. The number of benzene rings is 1. The Morgan fingerprint density at radius 2 is 1.80 bits per heavy atom. The third kappa shape index (κ3) is 7.23. The highest BCUT2D eigenvalue weighted by Gasteiger charge is 2.19. The van der Waals surface area contributed by atoms with Crippen LogP contribution < -0.4 is 15.4 Å². The van der Waals surface area contributed by atoms with Crippen molar-refractivity contribution >= 4 is 55.9 Å². The molecule has 30 heavy (non-hydrogen) atoms. The van der Waals surface area contributed by atoms with E-state index in [4.69, 9.17) is 4.74 Å². The van der Waals surface area contributed by atoms with Gasteiger partial charge < -0.3 is 10.1 Å². The predicted molar refractivity (Wildman–Crippen MR) is 116 cm³/mol. The van der Waals surface area contributed by atoms with Crippen molar-refractivity contribution in [3.05, 3.63) is 24.3 Å². The second-order valence-corrected chi connectivity index (χ2v) is 10.5. The van der Waals surface area contributed by atoms with Crippen LogP contribution in [0.15, 0.2) is 33.5 Å². The van der Waals surface area contributed by atoms with Gasteiger partial charge in [0.1, 0.15) is 0 Å². The summed E-state index contributed by atoms with van der Waals surface area (Å²) in [6.45, 7) is 7.10. The lowest BCUT2D eigenvalue weighted by molar-refractivity contribution is -0.115. The molecular weight excluding hydrogens is 450 g/mol. The first kappa shape index (κ1) is 24.1. The van der Waals surface area contributed by atoms with E-state index in [2.05, 4.69) is 25.6 Å². The molecule has 1 heterocycles. The Labute approximate surface area is 183 Å². The van der Waals surface area contributed by atoms with Gasteiger partial charge in [-0.3, -0.25) is 10.1 Å². The molecule has 0 aliphatic carbocycles. The van der Waals surface area contributed by atoms with Crippen LogP contribution in [0.25, 0.3) is 0 Å². The van der Waals surface area contributed by atoms with Gasteiger partial charge in [0.15, 0.2) is 4.34 Å². The molecule has 0 aliphatic heterocycles. The average Bonchev–Trinajstić information content (AvgIpc) is 3.07. The van der Waals surface area contributed by atoms with Crippen LogP contribution in [0.3, 0.4) is 0 Å². The smallest absolute Gasteiger partial charge is 0.413 e. The lowest BCUT2D eigenvalue weighted by Gasteiger charge is -2.12. The van der Waals surface area contributed by atoms with Crippen molar-refractivity contribution in [1.29, 1.82) is 0 Å². The van der Waals surface area contributed by atoms with Crippen LogP contribution in [0.4, 0.5) is 15.6 Å². The summed E-state index contributed by atoms with van der Waals surface area (Å²) in [7, 11) is -3.59. The second kappa shape index (κ2) is 10.7. The highest BCUT2D eigenvalue weighted by molar-refractivity contribution is 8.02. The van der Waals surface area contributed by atoms with Crippen molar-refractivity contribution in [2.45, 2.75) is 48.2 Å². The largest absolute Gasteiger partial charge is 0.450 e. The maximum absolute atomic E-state index is 12.4.